The van der Waals surface area contributed by atoms with Crippen LogP contribution in [0.15, 0.2) is 24.3 Å². The zero-order valence-electron chi connectivity index (χ0n) is 15.5. The van der Waals surface area contributed by atoms with Crippen LogP contribution in [0.25, 0.3) is 10.2 Å². The first-order valence-corrected chi connectivity index (χ1v) is 12.1. The number of fused-ring (bicyclic) bond motifs is 1. The van der Waals surface area contributed by atoms with E-state index >= 15 is 0 Å². The average molecular weight is 408 g/mol. The van der Waals surface area contributed by atoms with Crippen molar-refractivity contribution in [3.63, 3.8) is 0 Å². The van der Waals surface area contributed by atoms with E-state index in [-0.39, 0.29) is 17.4 Å². The van der Waals surface area contributed by atoms with Crippen molar-refractivity contribution in [3.05, 3.63) is 29.3 Å². The molecule has 1 atom stereocenters. The average Bonchev–Trinajstić information content (AvgIpc) is 3.07. The summed E-state index contributed by atoms with van der Waals surface area (Å²) in [6.45, 7) is 1.48. The van der Waals surface area contributed by atoms with Gasteiger partial charge >= 0.3 is 0 Å². The maximum Gasteiger partial charge on any atom is 0.222 e. The minimum Gasteiger partial charge on any atom is -0.343 e. The van der Waals surface area contributed by atoms with Crippen LogP contribution in [0.3, 0.4) is 0 Å². The minimum absolute atomic E-state index is 0.0591. The number of carbonyl (C=O) groups excluding carboxylic acids is 1. The number of aryl methyl sites for hydroxylation is 1. The summed E-state index contributed by atoms with van der Waals surface area (Å²) >= 11 is 1.71. The second-order valence-electron chi connectivity index (χ2n) is 7.82. The van der Waals surface area contributed by atoms with Gasteiger partial charge in [-0.3, -0.25) is 4.79 Å². The zero-order chi connectivity index (χ0) is 19.1. The van der Waals surface area contributed by atoms with Gasteiger partial charge in [0.15, 0.2) is 0 Å². The smallest absolute Gasteiger partial charge is 0.222 e. The number of sulfonamides is 1. The van der Waals surface area contributed by atoms with E-state index < -0.39 is 10.0 Å². The van der Waals surface area contributed by atoms with E-state index in [0.29, 0.717) is 6.42 Å². The number of nitrogens with zero attached hydrogens (tertiary/aromatic N) is 2. The third-order valence-electron chi connectivity index (χ3n) is 5.78. The van der Waals surface area contributed by atoms with Gasteiger partial charge in [-0.25, -0.2) is 18.1 Å². The first-order valence-electron chi connectivity index (χ1n) is 9.44. The van der Waals surface area contributed by atoms with Crippen LogP contribution in [0.1, 0.15) is 37.1 Å². The topological polar surface area (TPSA) is 79.4 Å². The Morgan fingerprint density at radius 2 is 2.07 bits per heavy atom. The summed E-state index contributed by atoms with van der Waals surface area (Å²) in [5.74, 6) is 0.208. The fourth-order valence-electron chi connectivity index (χ4n) is 4.10. The molecule has 1 aromatic carbocycles. The summed E-state index contributed by atoms with van der Waals surface area (Å²) in [6.07, 6.45) is 6.10. The quantitative estimate of drug-likeness (QED) is 0.798. The number of thiazole rings is 1. The van der Waals surface area contributed by atoms with Crippen molar-refractivity contribution in [2.24, 2.45) is 5.41 Å². The Labute approximate surface area is 164 Å². The van der Waals surface area contributed by atoms with E-state index in [1.54, 1.807) is 11.3 Å². The molecule has 2 aromatic rings. The van der Waals surface area contributed by atoms with Crippen LogP contribution in [-0.2, 0) is 21.2 Å². The number of carbonyl (C=O) groups is 1. The molecule has 1 saturated carbocycles. The Morgan fingerprint density at radius 1 is 1.33 bits per heavy atom. The molecule has 2 fully saturated rings. The predicted octanol–water partition coefficient (Wildman–Crippen LogP) is 2.55. The van der Waals surface area contributed by atoms with Crippen LogP contribution in [0.4, 0.5) is 0 Å². The monoisotopic (exact) mass is 407 g/mol. The number of nitrogens with one attached hydrogen (secondary N) is 1. The van der Waals surface area contributed by atoms with Crippen molar-refractivity contribution in [1.29, 1.82) is 0 Å². The van der Waals surface area contributed by atoms with E-state index in [4.69, 9.17) is 0 Å². The molecule has 6 nitrogen and oxygen atoms in total. The lowest BCUT2D eigenvalue weighted by molar-refractivity contribution is -0.132. The number of benzene rings is 1. The Kier molecular flexibility index (Phi) is 4.98. The minimum atomic E-state index is -3.15. The predicted molar refractivity (Wildman–Crippen MR) is 107 cm³/mol. The summed E-state index contributed by atoms with van der Waals surface area (Å²) in [7, 11) is -3.15. The van der Waals surface area contributed by atoms with E-state index in [2.05, 4.69) is 15.8 Å². The number of hydrogen-bond donors (Lipinski definition) is 1. The van der Waals surface area contributed by atoms with Gasteiger partial charge in [-0.15, -0.1) is 11.3 Å². The molecule has 4 rings (SSSR count). The summed E-state index contributed by atoms with van der Waals surface area (Å²) in [5.41, 5.74) is 1.12. The van der Waals surface area contributed by atoms with Crippen LogP contribution < -0.4 is 4.72 Å². The second-order valence-corrected chi connectivity index (χ2v) is 10.7. The zero-order valence-corrected chi connectivity index (χ0v) is 17.1. The molecule has 2 aliphatic rings. The summed E-state index contributed by atoms with van der Waals surface area (Å²) in [6, 6.07) is 8.17. The molecule has 1 unspecified atom stereocenters. The van der Waals surface area contributed by atoms with Crippen LogP contribution in [0.5, 0.6) is 0 Å². The molecule has 1 amide bonds. The lowest BCUT2D eigenvalue weighted by Crippen LogP contribution is -2.41. The van der Waals surface area contributed by atoms with Gasteiger partial charge < -0.3 is 4.90 Å². The molecule has 27 heavy (non-hydrogen) atoms. The SMILES string of the molecule is CS(=O)(=O)NC1CC12CCN(C(=O)CCCc1nc3ccccc3s1)CC2. The third kappa shape index (κ3) is 4.33. The normalized spacial score (nSPS) is 21.7. The third-order valence-corrected chi connectivity index (χ3v) is 7.59. The number of aromatic nitrogens is 1. The molecule has 146 valence electrons. The molecule has 1 aliphatic heterocycles. The van der Waals surface area contributed by atoms with Gasteiger partial charge in [-0.1, -0.05) is 12.1 Å². The molecule has 1 N–H and O–H groups in total. The van der Waals surface area contributed by atoms with Gasteiger partial charge in [0, 0.05) is 25.6 Å². The molecule has 1 aliphatic carbocycles. The first-order chi connectivity index (χ1) is 12.8. The standard InChI is InChI=1S/C19H25N3O3S2/c1-27(24,25)21-16-13-19(16)9-11-22(12-10-19)18(23)8-4-7-17-20-14-5-2-3-6-15(14)26-17/h2-3,5-6,16,21H,4,7-13H2,1H3. The van der Waals surface area contributed by atoms with Gasteiger partial charge in [0.2, 0.25) is 15.9 Å². The van der Waals surface area contributed by atoms with Crippen LogP contribution in [-0.4, -0.2) is 49.6 Å². The number of para-hydroxylation sites is 1. The van der Waals surface area contributed by atoms with E-state index in [1.165, 1.54) is 11.0 Å². The fraction of sp³-hybridized carbons (Fsp3) is 0.579. The highest BCUT2D eigenvalue weighted by molar-refractivity contribution is 7.88. The molecule has 0 radical (unpaired) electrons. The van der Waals surface area contributed by atoms with Crippen LogP contribution in [0.2, 0.25) is 0 Å². The number of likely N-dealkylation sites (tertiary alicyclic amines) is 1. The summed E-state index contributed by atoms with van der Waals surface area (Å²) < 4.78 is 26.7. The number of hydrogen-bond acceptors (Lipinski definition) is 5. The van der Waals surface area contributed by atoms with Gasteiger partial charge in [0.1, 0.15) is 0 Å². The van der Waals surface area contributed by atoms with Crippen molar-refractivity contribution in [1.82, 2.24) is 14.6 Å². The van der Waals surface area contributed by atoms with E-state index in [1.807, 2.05) is 23.1 Å². The van der Waals surface area contributed by atoms with Crippen molar-refractivity contribution in [3.8, 4) is 0 Å². The Hall–Kier alpha value is -1.51. The molecule has 1 spiro atoms. The number of amides is 1. The number of piperidine rings is 1. The van der Waals surface area contributed by atoms with Gasteiger partial charge in [0.25, 0.3) is 0 Å². The summed E-state index contributed by atoms with van der Waals surface area (Å²) in [5, 5.41) is 1.09. The first kappa shape index (κ1) is 18.8. The Balaban J connectivity index is 1.22. The maximum atomic E-state index is 12.5. The lowest BCUT2D eigenvalue weighted by atomic mass is 9.92. The van der Waals surface area contributed by atoms with Crippen LogP contribution >= 0.6 is 11.3 Å². The second kappa shape index (κ2) is 7.14. The molecule has 2 heterocycles. The van der Waals surface area contributed by atoms with Crippen molar-refractivity contribution >= 4 is 37.5 Å². The fourth-order valence-corrected chi connectivity index (χ4v) is 5.96. The molecule has 1 saturated heterocycles. The highest BCUT2D eigenvalue weighted by Crippen LogP contribution is 2.54. The van der Waals surface area contributed by atoms with Gasteiger partial charge in [-0.05, 0) is 49.7 Å². The highest BCUT2D eigenvalue weighted by atomic mass is 32.2. The molecule has 8 heteroatoms. The molecule has 1 aromatic heterocycles. The molecular weight excluding hydrogens is 382 g/mol. The van der Waals surface area contributed by atoms with E-state index in [9.17, 15) is 13.2 Å². The highest BCUT2D eigenvalue weighted by Gasteiger charge is 2.56. The van der Waals surface area contributed by atoms with E-state index in [0.717, 1.165) is 55.7 Å². The lowest BCUT2D eigenvalue weighted by Gasteiger charge is -2.33. The maximum absolute atomic E-state index is 12.5. The van der Waals surface area contributed by atoms with Crippen molar-refractivity contribution in [2.45, 2.75) is 44.6 Å². The molecular formula is C19H25N3O3S2. The van der Waals surface area contributed by atoms with Gasteiger partial charge in [0.05, 0.1) is 21.5 Å². The summed E-state index contributed by atoms with van der Waals surface area (Å²) in [4.78, 5) is 19.1. The van der Waals surface area contributed by atoms with Crippen LogP contribution in [0, 0.1) is 5.41 Å². The van der Waals surface area contributed by atoms with Crippen molar-refractivity contribution in [2.75, 3.05) is 19.3 Å². The molecule has 0 bridgehead atoms. The Bertz CT molecular complexity index is 913. The van der Waals surface area contributed by atoms with Gasteiger partial charge in [-0.2, -0.15) is 0 Å². The largest absolute Gasteiger partial charge is 0.343 e. The Morgan fingerprint density at radius 3 is 2.78 bits per heavy atom. The van der Waals surface area contributed by atoms with Crippen molar-refractivity contribution < 1.29 is 13.2 Å². The number of rotatable bonds is 6.